The summed E-state index contributed by atoms with van der Waals surface area (Å²) in [6.07, 6.45) is 6.90. The lowest BCUT2D eigenvalue weighted by atomic mass is 10.00. The average Bonchev–Trinajstić information content (AvgIpc) is 2.95. The fraction of sp³-hybridized carbons (Fsp3) is 0.619. The van der Waals surface area contributed by atoms with E-state index in [1.54, 1.807) is 11.0 Å². The molecule has 0 aliphatic carbocycles. The smallest absolute Gasteiger partial charge is 0.303 e. The van der Waals surface area contributed by atoms with Crippen LogP contribution in [-0.2, 0) is 9.59 Å². The maximum atomic E-state index is 12.0. The molecule has 0 aromatic carbocycles. The lowest BCUT2D eigenvalue weighted by Crippen LogP contribution is -2.32. The SMILES string of the molecule is CCC#CC[C@H](C)[C@@H](O)C=C[C@H]1CCC(=O)N1CC#CCCCC(=O)O. The third-order valence-corrected chi connectivity index (χ3v) is 4.28. The zero-order valence-electron chi connectivity index (χ0n) is 15.7. The fourth-order valence-corrected chi connectivity index (χ4v) is 2.63. The van der Waals surface area contributed by atoms with E-state index in [2.05, 4.69) is 23.7 Å². The molecule has 0 saturated carbocycles. The van der Waals surface area contributed by atoms with Crippen molar-refractivity contribution in [3.05, 3.63) is 12.2 Å². The van der Waals surface area contributed by atoms with Gasteiger partial charge in [0.2, 0.25) is 5.91 Å². The summed E-state index contributed by atoms with van der Waals surface area (Å²) in [5, 5.41) is 18.8. The zero-order chi connectivity index (χ0) is 19.4. The van der Waals surface area contributed by atoms with Crippen molar-refractivity contribution in [3.8, 4) is 23.7 Å². The molecule has 0 bridgehead atoms. The van der Waals surface area contributed by atoms with Gasteiger partial charge in [-0.3, -0.25) is 9.59 Å². The molecule has 3 atom stereocenters. The minimum atomic E-state index is -0.819. The van der Waals surface area contributed by atoms with E-state index >= 15 is 0 Å². The number of amides is 1. The molecule has 5 heteroatoms. The number of aliphatic carboxylic acids is 1. The van der Waals surface area contributed by atoms with Gasteiger partial charge in [0.25, 0.3) is 0 Å². The van der Waals surface area contributed by atoms with Crippen molar-refractivity contribution in [1.82, 2.24) is 4.90 Å². The lowest BCUT2D eigenvalue weighted by Gasteiger charge is -2.20. The van der Waals surface area contributed by atoms with Gasteiger partial charge in [0.1, 0.15) is 0 Å². The van der Waals surface area contributed by atoms with Crippen molar-refractivity contribution in [2.75, 3.05) is 6.54 Å². The Morgan fingerprint density at radius 1 is 1.35 bits per heavy atom. The molecule has 0 unspecified atom stereocenters. The Hall–Kier alpha value is -2.24. The summed E-state index contributed by atoms with van der Waals surface area (Å²) in [5.41, 5.74) is 0. The van der Waals surface area contributed by atoms with Gasteiger partial charge in [-0.25, -0.2) is 0 Å². The maximum Gasteiger partial charge on any atom is 0.303 e. The molecule has 142 valence electrons. The molecule has 2 N–H and O–H groups in total. The highest BCUT2D eigenvalue weighted by Crippen LogP contribution is 2.20. The number of carboxylic acids is 1. The van der Waals surface area contributed by atoms with Gasteiger partial charge in [0, 0.05) is 32.1 Å². The summed E-state index contributed by atoms with van der Waals surface area (Å²) in [6.45, 7) is 4.29. The van der Waals surface area contributed by atoms with E-state index in [1.807, 2.05) is 19.9 Å². The highest BCUT2D eigenvalue weighted by atomic mass is 16.4. The summed E-state index contributed by atoms with van der Waals surface area (Å²) < 4.78 is 0. The highest BCUT2D eigenvalue weighted by Gasteiger charge is 2.28. The molecular weight excluding hydrogens is 330 g/mol. The van der Waals surface area contributed by atoms with Gasteiger partial charge in [-0.05, 0) is 18.8 Å². The van der Waals surface area contributed by atoms with Gasteiger partial charge in [-0.1, -0.05) is 31.9 Å². The predicted octanol–water partition coefficient (Wildman–Crippen LogP) is 2.59. The highest BCUT2D eigenvalue weighted by molar-refractivity contribution is 5.79. The first-order valence-electron chi connectivity index (χ1n) is 9.24. The Morgan fingerprint density at radius 2 is 2.12 bits per heavy atom. The number of aliphatic hydroxyl groups is 1. The normalized spacial score (nSPS) is 18.8. The Morgan fingerprint density at radius 3 is 2.81 bits per heavy atom. The van der Waals surface area contributed by atoms with E-state index in [0.29, 0.717) is 32.2 Å². The van der Waals surface area contributed by atoms with Crippen LogP contribution in [0.3, 0.4) is 0 Å². The number of hydrogen-bond donors (Lipinski definition) is 2. The van der Waals surface area contributed by atoms with Crippen LogP contribution in [0.5, 0.6) is 0 Å². The van der Waals surface area contributed by atoms with Crippen LogP contribution < -0.4 is 0 Å². The van der Waals surface area contributed by atoms with Crippen molar-refractivity contribution >= 4 is 11.9 Å². The van der Waals surface area contributed by atoms with Crippen LogP contribution in [0.2, 0.25) is 0 Å². The van der Waals surface area contributed by atoms with E-state index < -0.39 is 12.1 Å². The van der Waals surface area contributed by atoms with Gasteiger partial charge >= 0.3 is 5.97 Å². The average molecular weight is 359 g/mol. The Balaban J connectivity index is 2.50. The van der Waals surface area contributed by atoms with E-state index in [4.69, 9.17) is 5.11 Å². The van der Waals surface area contributed by atoms with Crippen LogP contribution >= 0.6 is 0 Å². The monoisotopic (exact) mass is 359 g/mol. The summed E-state index contributed by atoms with van der Waals surface area (Å²) in [7, 11) is 0. The molecule has 1 aliphatic heterocycles. The first-order valence-corrected chi connectivity index (χ1v) is 9.24. The molecule has 1 aliphatic rings. The number of carbonyl (C=O) groups excluding carboxylic acids is 1. The van der Waals surface area contributed by atoms with Gasteiger partial charge < -0.3 is 15.1 Å². The molecule has 1 amide bonds. The number of carboxylic acid groups (broad SMARTS) is 1. The maximum absolute atomic E-state index is 12.0. The number of hydrogen-bond acceptors (Lipinski definition) is 3. The Labute approximate surface area is 156 Å². The Bertz CT molecular complexity index is 617. The number of likely N-dealkylation sites (tertiary alicyclic amines) is 1. The fourth-order valence-electron chi connectivity index (χ4n) is 2.63. The number of aliphatic hydroxyl groups excluding tert-OH is 1. The lowest BCUT2D eigenvalue weighted by molar-refractivity contribution is -0.137. The molecule has 1 fully saturated rings. The van der Waals surface area contributed by atoms with E-state index in [-0.39, 0.29) is 24.3 Å². The minimum Gasteiger partial charge on any atom is -0.481 e. The van der Waals surface area contributed by atoms with Crippen molar-refractivity contribution in [2.24, 2.45) is 5.92 Å². The zero-order valence-corrected chi connectivity index (χ0v) is 15.7. The standard InChI is InChI=1S/C21H29NO4/c1-3-4-7-10-17(2)19(23)14-12-18-13-15-20(24)22(18)16-9-6-5-8-11-21(25)26/h12,14,17-19,23H,3,5,8,10-11,13,15-16H2,1-2H3,(H,25,26)/t17-,18-,19-/m0/s1. The number of nitrogens with zero attached hydrogens (tertiary/aromatic N) is 1. The van der Waals surface area contributed by atoms with Crippen molar-refractivity contribution in [2.45, 2.75) is 70.9 Å². The summed E-state index contributed by atoms with van der Waals surface area (Å²) in [5.74, 6) is 11.2. The molecule has 0 aromatic rings. The third-order valence-electron chi connectivity index (χ3n) is 4.28. The van der Waals surface area contributed by atoms with E-state index in [1.165, 1.54) is 0 Å². The van der Waals surface area contributed by atoms with Crippen molar-refractivity contribution in [1.29, 1.82) is 0 Å². The molecule has 0 spiro atoms. The first kappa shape index (κ1) is 21.8. The topological polar surface area (TPSA) is 77.8 Å². The Kier molecular flexibility index (Phi) is 10.2. The van der Waals surface area contributed by atoms with Crippen LogP contribution in [0.15, 0.2) is 12.2 Å². The molecule has 0 radical (unpaired) electrons. The molecule has 1 saturated heterocycles. The quantitative estimate of drug-likeness (QED) is 0.397. The molecule has 26 heavy (non-hydrogen) atoms. The molecular formula is C21H29NO4. The van der Waals surface area contributed by atoms with Crippen LogP contribution in [0.1, 0.15) is 58.8 Å². The molecule has 1 heterocycles. The predicted molar refractivity (Wildman–Crippen MR) is 101 cm³/mol. The van der Waals surface area contributed by atoms with Crippen LogP contribution in [-0.4, -0.2) is 45.7 Å². The van der Waals surface area contributed by atoms with E-state index in [0.717, 1.165) is 12.8 Å². The summed E-state index contributed by atoms with van der Waals surface area (Å²) in [4.78, 5) is 24.2. The first-order chi connectivity index (χ1) is 12.5. The second-order valence-corrected chi connectivity index (χ2v) is 6.49. The summed E-state index contributed by atoms with van der Waals surface area (Å²) >= 11 is 0. The van der Waals surface area contributed by atoms with Crippen LogP contribution in [0.4, 0.5) is 0 Å². The van der Waals surface area contributed by atoms with Crippen LogP contribution in [0.25, 0.3) is 0 Å². The summed E-state index contributed by atoms with van der Waals surface area (Å²) in [6, 6.07) is -0.0422. The van der Waals surface area contributed by atoms with Gasteiger partial charge in [-0.2, -0.15) is 0 Å². The second kappa shape index (κ2) is 12.2. The van der Waals surface area contributed by atoms with Gasteiger partial charge in [0.05, 0.1) is 18.7 Å². The molecule has 1 rings (SSSR count). The van der Waals surface area contributed by atoms with Gasteiger partial charge in [-0.15, -0.1) is 17.8 Å². The van der Waals surface area contributed by atoms with Crippen molar-refractivity contribution in [3.63, 3.8) is 0 Å². The number of unbranched alkanes of at least 4 members (excludes halogenated alkanes) is 1. The third kappa shape index (κ3) is 8.23. The molecule has 0 aromatic heterocycles. The molecule has 5 nitrogen and oxygen atoms in total. The number of rotatable bonds is 8. The van der Waals surface area contributed by atoms with Crippen molar-refractivity contribution < 1.29 is 19.8 Å². The largest absolute Gasteiger partial charge is 0.481 e. The number of carbonyl (C=O) groups is 2. The van der Waals surface area contributed by atoms with Gasteiger partial charge in [0.15, 0.2) is 0 Å². The van der Waals surface area contributed by atoms with E-state index in [9.17, 15) is 14.7 Å². The second-order valence-electron chi connectivity index (χ2n) is 6.49. The van der Waals surface area contributed by atoms with Crippen LogP contribution in [0, 0.1) is 29.6 Å². The minimum absolute atomic E-state index is 0.0422.